The smallest absolute Gasteiger partial charge is 0.354 e. The molecule has 5 heteroatoms. The van der Waals surface area contributed by atoms with Gasteiger partial charge in [-0.2, -0.15) is 13.2 Å². The lowest BCUT2D eigenvalue weighted by atomic mass is 9.89. The standard InChI is InChI=1S/C10H8F3NO/c11-10(12,13)9-5-8(15)6-3-1-2-4-7(6)14-9/h1-2,4-6,14H,3H2. The third-order valence-electron chi connectivity index (χ3n) is 2.37. The average molecular weight is 215 g/mol. The molecule has 0 bridgehead atoms. The second-order valence-corrected chi connectivity index (χ2v) is 3.42. The fraction of sp³-hybridized carbons (Fsp3) is 0.300. The Hall–Kier alpha value is -1.52. The predicted octanol–water partition coefficient (Wildman–Crippen LogP) is 2.06. The van der Waals surface area contributed by atoms with E-state index in [1.54, 1.807) is 12.2 Å². The Morgan fingerprint density at radius 3 is 2.80 bits per heavy atom. The van der Waals surface area contributed by atoms with E-state index < -0.39 is 23.6 Å². The molecule has 0 aromatic carbocycles. The summed E-state index contributed by atoms with van der Waals surface area (Å²) in [6, 6.07) is 0. The Kier molecular flexibility index (Phi) is 2.17. The summed E-state index contributed by atoms with van der Waals surface area (Å²) >= 11 is 0. The van der Waals surface area contributed by atoms with E-state index in [-0.39, 0.29) is 0 Å². The third kappa shape index (κ3) is 1.82. The Morgan fingerprint density at radius 1 is 1.40 bits per heavy atom. The van der Waals surface area contributed by atoms with Crippen molar-refractivity contribution in [1.29, 1.82) is 0 Å². The lowest BCUT2D eigenvalue weighted by Crippen LogP contribution is -2.37. The summed E-state index contributed by atoms with van der Waals surface area (Å²) in [5.74, 6) is -0.960. The van der Waals surface area contributed by atoms with Gasteiger partial charge in [0.25, 0.3) is 0 Å². The van der Waals surface area contributed by atoms with E-state index in [0.29, 0.717) is 18.2 Å². The highest BCUT2D eigenvalue weighted by Crippen LogP contribution is 2.31. The Bertz CT molecular complexity index is 390. The monoisotopic (exact) mass is 215 g/mol. The summed E-state index contributed by atoms with van der Waals surface area (Å²) in [6.45, 7) is 0. The van der Waals surface area contributed by atoms with E-state index in [2.05, 4.69) is 5.32 Å². The Balaban J connectivity index is 2.34. The van der Waals surface area contributed by atoms with Crippen LogP contribution in [0.3, 0.4) is 0 Å². The second-order valence-electron chi connectivity index (χ2n) is 3.42. The van der Waals surface area contributed by atoms with Crippen LogP contribution in [0.15, 0.2) is 35.7 Å². The number of carbonyl (C=O) groups is 1. The molecule has 0 saturated carbocycles. The molecule has 80 valence electrons. The molecule has 1 N–H and O–H groups in total. The summed E-state index contributed by atoms with van der Waals surface area (Å²) in [7, 11) is 0. The molecular formula is C10H8F3NO. The lowest BCUT2D eigenvalue weighted by molar-refractivity contribution is -0.120. The number of halogens is 3. The molecule has 0 aromatic rings. The molecule has 0 saturated heterocycles. The molecule has 2 aliphatic rings. The van der Waals surface area contributed by atoms with E-state index in [1.807, 2.05) is 0 Å². The molecule has 1 heterocycles. The average Bonchev–Trinajstić information content (AvgIpc) is 2.16. The van der Waals surface area contributed by atoms with Gasteiger partial charge < -0.3 is 5.32 Å². The fourth-order valence-corrected chi connectivity index (χ4v) is 1.61. The van der Waals surface area contributed by atoms with Crippen molar-refractivity contribution in [2.45, 2.75) is 12.6 Å². The largest absolute Gasteiger partial charge is 0.431 e. The molecule has 0 aromatic heterocycles. The molecule has 2 nitrogen and oxygen atoms in total. The maximum absolute atomic E-state index is 12.3. The van der Waals surface area contributed by atoms with Crippen LogP contribution in [0.5, 0.6) is 0 Å². The minimum Gasteiger partial charge on any atom is -0.354 e. The van der Waals surface area contributed by atoms with Crippen molar-refractivity contribution in [3.05, 3.63) is 35.7 Å². The minimum atomic E-state index is -4.50. The maximum Gasteiger partial charge on any atom is 0.431 e. The first-order valence-electron chi connectivity index (χ1n) is 4.45. The zero-order valence-corrected chi connectivity index (χ0v) is 7.64. The summed E-state index contributed by atoms with van der Waals surface area (Å²) in [4.78, 5) is 11.4. The molecule has 1 atom stereocenters. The van der Waals surface area contributed by atoms with Gasteiger partial charge >= 0.3 is 6.18 Å². The van der Waals surface area contributed by atoms with Crippen LogP contribution < -0.4 is 5.32 Å². The van der Waals surface area contributed by atoms with Crippen molar-refractivity contribution in [2.75, 3.05) is 0 Å². The number of hydrogen-bond donors (Lipinski definition) is 1. The number of hydrogen-bond acceptors (Lipinski definition) is 2. The highest BCUT2D eigenvalue weighted by molar-refractivity contribution is 5.96. The van der Waals surface area contributed by atoms with E-state index in [4.69, 9.17) is 0 Å². The summed E-state index contributed by atoms with van der Waals surface area (Å²) < 4.78 is 37.0. The van der Waals surface area contributed by atoms with Gasteiger partial charge in [0.2, 0.25) is 0 Å². The van der Waals surface area contributed by atoms with Crippen LogP contribution in [-0.2, 0) is 4.79 Å². The fourth-order valence-electron chi connectivity index (χ4n) is 1.61. The van der Waals surface area contributed by atoms with Crippen molar-refractivity contribution in [1.82, 2.24) is 5.32 Å². The number of rotatable bonds is 0. The third-order valence-corrected chi connectivity index (χ3v) is 2.37. The number of nitrogens with one attached hydrogen (secondary N) is 1. The molecule has 1 aliphatic carbocycles. The van der Waals surface area contributed by atoms with E-state index in [9.17, 15) is 18.0 Å². The Morgan fingerprint density at radius 2 is 2.13 bits per heavy atom. The summed E-state index contributed by atoms with van der Waals surface area (Å²) in [6.07, 6.45) is 1.51. The molecule has 0 fully saturated rings. The van der Waals surface area contributed by atoms with Gasteiger partial charge in [-0.1, -0.05) is 12.2 Å². The van der Waals surface area contributed by atoms with Gasteiger partial charge in [0.1, 0.15) is 5.70 Å². The van der Waals surface area contributed by atoms with Crippen molar-refractivity contribution in [2.24, 2.45) is 5.92 Å². The molecule has 0 spiro atoms. The molecule has 0 amide bonds. The SMILES string of the molecule is O=C1C=C(C(F)(F)F)NC2=CC=CCC12. The van der Waals surface area contributed by atoms with Gasteiger partial charge in [-0.25, -0.2) is 0 Å². The topological polar surface area (TPSA) is 29.1 Å². The normalized spacial score (nSPS) is 25.3. The van der Waals surface area contributed by atoms with E-state index >= 15 is 0 Å². The number of carbonyl (C=O) groups excluding carboxylic acids is 1. The van der Waals surface area contributed by atoms with Gasteiger partial charge in [-0.3, -0.25) is 4.79 Å². The minimum absolute atomic E-state index is 0.331. The zero-order valence-electron chi connectivity index (χ0n) is 7.64. The van der Waals surface area contributed by atoms with Crippen LogP contribution in [0.4, 0.5) is 13.2 Å². The van der Waals surface area contributed by atoms with Crippen LogP contribution in [0.25, 0.3) is 0 Å². The van der Waals surface area contributed by atoms with Crippen molar-refractivity contribution >= 4 is 5.78 Å². The number of fused-ring (bicyclic) bond motifs is 1. The molecule has 1 aliphatic heterocycles. The molecule has 15 heavy (non-hydrogen) atoms. The maximum atomic E-state index is 12.3. The number of ketones is 1. The first-order valence-corrected chi connectivity index (χ1v) is 4.45. The quantitative estimate of drug-likeness (QED) is 0.670. The second kappa shape index (κ2) is 3.25. The first kappa shape index (κ1) is 10.0. The van der Waals surface area contributed by atoms with E-state index in [1.165, 1.54) is 6.08 Å². The molecule has 1 unspecified atom stereocenters. The summed E-state index contributed by atoms with van der Waals surface area (Å²) in [5, 5.41) is 2.25. The molecule has 0 radical (unpaired) electrons. The van der Waals surface area contributed by atoms with Crippen LogP contribution in [0.1, 0.15) is 6.42 Å². The van der Waals surface area contributed by atoms with Crippen LogP contribution in [-0.4, -0.2) is 12.0 Å². The van der Waals surface area contributed by atoms with Crippen LogP contribution in [0, 0.1) is 5.92 Å². The van der Waals surface area contributed by atoms with Gasteiger partial charge in [0.15, 0.2) is 5.78 Å². The van der Waals surface area contributed by atoms with Gasteiger partial charge in [-0.15, -0.1) is 0 Å². The van der Waals surface area contributed by atoms with Gasteiger partial charge in [-0.05, 0) is 12.5 Å². The number of alkyl halides is 3. The number of allylic oxidation sites excluding steroid dienone is 6. The highest BCUT2D eigenvalue weighted by atomic mass is 19.4. The van der Waals surface area contributed by atoms with Crippen LogP contribution >= 0.6 is 0 Å². The first-order chi connectivity index (χ1) is 6.98. The highest BCUT2D eigenvalue weighted by Gasteiger charge is 2.39. The van der Waals surface area contributed by atoms with Gasteiger partial charge in [0.05, 0.1) is 5.92 Å². The van der Waals surface area contributed by atoms with Crippen LogP contribution in [0.2, 0.25) is 0 Å². The Labute approximate surface area is 84.2 Å². The zero-order chi connectivity index (χ0) is 11.1. The van der Waals surface area contributed by atoms with Crippen molar-refractivity contribution < 1.29 is 18.0 Å². The van der Waals surface area contributed by atoms with E-state index in [0.717, 1.165) is 0 Å². The summed E-state index contributed by atoms with van der Waals surface area (Å²) in [5.41, 5.74) is -0.650. The van der Waals surface area contributed by atoms with Gasteiger partial charge in [0, 0.05) is 11.8 Å². The predicted molar refractivity (Wildman–Crippen MR) is 47.6 cm³/mol. The molecular weight excluding hydrogens is 207 g/mol. The van der Waals surface area contributed by atoms with Crippen molar-refractivity contribution in [3.63, 3.8) is 0 Å². The molecule has 2 rings (SSSR count). The van der Waals surface area contributed by atoms with Crippen molar-refractivity contribution in [3.8, 4) is 0 Å². The lowest BCUT2D eigenvalue weighted by Gasteiger charge is -2.27.